The molecule has 1 heterocycles. The molecule has 1 fully saturated rings. The van der Waals surface area contributed by atoms with Crippen molar-refractivity contribution >= 4 is 11.9 Å². The van der Waals surface area contributed by atoms with Gasteiger partial charge < -0.3 is 9.47 Å². The molecule has 0 spiro atoms. The molecule has 0 bridgehead atoms. The summed E-state index contributed by atoms with van der Waals surface area (Å²) in [5, 5.41) is 0. The Balaban J connectivity index is 2.26. The molecule has 4 nitrogen and oxygen atoms in total. The van der Waals surface area contributed by atoms with E-state index in [9.17, 15) is 9.59 Å². The number of unbranched alkanes of at least 4 members (excludes halogenated alkanes) is 5. The molecule has 0 saturated carbocycles. The summed E-state index contributed by atoms with van der Waals surface area (Å²) in [5.74, 6) is -1.64. The van der Waals surface area contributed by atoms with Gasteiger partial charge in [0.15, 0.2) is 0 Å². The zero-order valence-corrected chi connectivity index (χ0v) is 13.0. The second-order valence-corrected chi connectivity index (χ2v) is 5.64. The van der Waals surface area contributed by atoms with Crippen LogP contribution in [-0.2, 0) is 19.1 Å². The predicted molar refractivity (Wildman–Crippen MR) is 77.2 cm³/mol. The first-order chi connectivity index (χ1) is 9.61. The van der Waals surface area contributed by atoms with Crippen LogP contribution in [0.2, 0.25) is 0 Å². The molecule has 0 aromatic heterocycles. The van der Waals surface area contributed by atoms with E-state index in [1.807, 2.05) is 6.92 Å². The fourth-order valence-electron chi connectivity index (χ4n) is 2.68. The Labute approximate surface area is 122 Å². The van der Waals surface area contributed by atoms with Crippen molar-refractivity contribution < 1.29 is 19.1 Å². The van der Waals surface area contributed by atoms with E-state index >= 15 is 0 Å². The van der Waals surface area contributed by atoms with Gasteiger partial charge in [0.1, 0.15) is 0 Å². The molecular weight excluding hydrogens is 256 g/mol. The van der Waals surface area contributed by atoms with Crippen molar-refractivity contribution in [3.63, 3.8) is 0 Å². The second kappa shape index (κ2) is 9.11. The summed E-state index contributed by atoms with van der Waals surface area (Å²) in [6, 6.07) is 0. The third-order valence-electron chi connectivity index (χ3n) is 4.02. The van der Waals surface area contributed by atoms with Crippen LogP contribution < -0.4 is 0 Å². The van der Waals surface area contributed by atoms with Crippen molar-refractivity contribution in [3.05, 3.63) is 0 Å². The number of rotatable bonds is 10. The lowest BCUT2D eigenvalue weighted by molar-refractivity contribution is -0.154. The number of cyclic esters (lactones) is 2. The van der Waals surface area contributed by atoms with Crippen molar-refractivity contribution in [2.45, 2.75) is 71.8 Å². The van der Waals surface area contributed by atoms with E-state index in [1.54, 1.807) is 6.92 Å². The minimum atomic E-state index is -0.424. The van der Waals surface area contributed by atoms with Crippen LogP contribution in [0.15, 0.2) is 0 Å². The lowest BCUT2D eigenvalue weighted by Crippen LogP contribution is -2.31. The quantitative estimate of drug-likeness (QED) is 0.350. The first kappa shape index (κ1) is 17.2. The highest BCUT2D eigenvalue weighted by Crippen LogP contribution is 2.29. The molecule has 0 aromatic rings. The van der Waals surface area contributed by atoms with Gasteiger partial charge in [-0.25, -0.2) is 0 Å². The second-order valence-electron chi connectivity index (χ2n) is 5.64. The number of hydrogen-bond donors (Lipinski definition) is 0. The van der Waals surface area contributed by atoms with Gasteiger partial charge in [0.25, 0.3) is 0 Å². The van der Waals surface area contributed by atoms with Crippen molar-refractivity contribution in [2.24, 2.45) is 11.8 Å². The number of ether oxygens (including phenoxy) is 2. The summed E-state index contributed by atoms with van der Waals surface area (Å²) < 4.78 is 10.5. The molecular formula is C16H28O4. The first-order valence-corrected chi connectivity index (χ1v) is 7.98. The van der Waals surface area contributed by atoms with E-state index in [2.05, 4.69) is 11.7 Å². The van der Waals surface area contributed by atoms with Gasteiger partial charge in [0, 0.05) is 6.61 Å². The zero-order chi connectivity index (χ0) is 15.0. The van der Waals surface area contributed by atoms with Gasteiger partial charge in [0.05, 0.1) is 17.9 Å². The van der Waals surface area contributed by atoms with Gasteiger partial charge in [-0.05, 0) is 12.8 Å². The Morgan fingerprint density at radius 3 is 2.25 bits per heavy atom. The van der Waals surface area contributed by atoms with Crippen molar-refractivity contribution in [2.75, 3.05) is 6.61 Å². The summed E-state index contributed by atoms with van der Waals surface area (Å²) in [7, 11) is 0. The molecule has 4 heteroatoms. The van der Waals surface area contributed by atoms with Crippen LogP contribution in [0.5, 0.6) is 0 Å². The number of hydrogen-bond acceptors (Lipinski definition) is 4. The highest BCUT2D eigenvalue weighted by molar-refractivity contribution is 5.96. The number of carbonyl (C=O) groups is 2. The van der Waals surface area contributed by atoms with Gasteiger partial charge in [0.2, 0.25) is 0 Å². The van der Waals surface area contributed by atoms with Crippen LogP contribution in [0.3, 0.4) is 0 Å². The van der Waals surface area contributed by atoms with Crippen molar-refractivity contribution in [3.8, 4) is 0 Å². The fourth-order valence-corrected chi connectivity index (χ4v) is 2.68. The summed E-state index contributed by atoms with van der Waals surface area (Å²) in [6.45, 7) is 6.59. The van der Waals surface area contributed by atoms with Crippen LogP contribution in [0.25, 0.3) is 0 Å². The Hall–Kier alpha value is -0.900. The van der Waals surface area contributed by atoms with Gasteiger partial charge in [-0.1, -0.05) is 52.9 Å². The molecule has 1 aliphatic rings. The van der Waals surface area contributed by atoms with Gasteiger partial charge in [-0.2, -0.15) is 0 Å². The van der Waals surface area contributed by atoms with E-state index in [4.69, 9.17) is 4.74 Å². The van der Waals surface area contributed by atoms with Gasteiger partial charge in [-0.3, -0.25) is 9.59 Å². The van der Waals surface area contributed by atoms with E-state index in [1.165, 1.54) is 32.1 Å². The number of esters is 2. The lowest BCUT2D eigenvalue weighted by Gasteiger charge is -2.21. The molecule has 0 radical (unpaired) electrons. The van der Waals surface area contributed by atoms with E-state index in [-0.39, 0.29) is 12.0 Å². The van der Waals surface area contributed by atoms with Crippen LogP contribution >= 0.6 is 0 Å². The lowest BCUT2D eigenvalue weighted by atomic mass is 9.90. The monoisotopic (exact) mass is 284 g/mol. The SMILES string of the molecule is CCCCCCCCOC(CC)C1C(=O)OC(=O)C1C. The highest BCUT2D eigenvalue weighted by Gasteiger charge is 2.45. The zero-order valence-electron chi connectivity index (χ0n) is 13.0. The minimum absolute atomic E-state index is 0.195. The van der Waals surface area contributed by atoms with E-state index < -0.39 is 17.9 Å². The fraction of sp³-hybridized carbons (Fsp3) is 0.875. The van der Waals surface area contributed by atoms with Crippen LogP contribution in [0, 0.1) is 11.8 Å². The molecule has 1 rings (SSSR count). The van der Waals surface area contributed by atoms with Crippen molar-refractivity contribution in [1.82, 2.24) is 0 Å². The third-order valence-corrected chi connectivity index (χ3v) is 4.02. The topological polar surface area (TPSA) is 52.6 Å². The Morgan fingerprint density at radius 1 is 1.05 bits per heavy atom. The summed E-state index contributed by atoms with van der Waals surface area (Å²) in [4.78, 5) is 23.1. The maximum atomic E-state index is 11.7. The Bertz CT molecular complexity index is 314. The summed E-state index contributed by atoms with van der Waals surface area (Å²) in [6.07, 6.45) is 7.80. The molecule has 3 atom stereocenters. The number of carbonyl (C=O) groups excluding carboxylic acids is 2. The molecule has 20 heavy (non-hydrogen) atoms. The highest BCUT2D eigenvalue weighted by atomic mass is 16.6. The third kappa shape index (κ3) is 4.89. The van der Waals surface area contributed by atoms with Gasteiger partial charge in [-0.15, -0.1) is 0 Å². The minimum Gasteiger partial charge on any atom is -0.393 e. The molecule has 0 aromatic carbocycles. The van der Waals surface area contributed by atoms with E-state index in [0.717, 1.165) is 12.8 Å². The van der Waals surface area contributed by atoms with E-state index in [0.29, 0.717) is 6.61 Å². The molecule has 0 amide bonds. The average Bonchev–Trinajstić information content (AvgIpc) is 2.68. The Morgan fingerprint density at radius 2 is 1.70 bits per heavy atom. The normalized spacial score (nSPS) is 23.9. The van der Waals surface area contributed by atoms with Crippen LogP contribution in [0.4, 0.5) is 0 Å². The molecule has 1 saturated heterocycles. The van der Waals surface area contributed by atoms with Gasteiger partial charge >= 0.3 is 11.9 Å². The predicted octanol–water partition coefficient (Wildman–Crippen LogP) is 3.48. The average molecular weight is 284 g/mol. The molecule has 0 N–H and O–H groups in total. The maximum absolute atomic E-state index is 11.7. The van der Waals surface area contributed by atoms with Crippen LogP contribution in [0.1, 0.15) is 65.7 Å². The van der Waals surface area contributed by atoms with Crippen molar-refractivity contribution in [1.29, 1.82) is 0 Å². The largest absolute Gasteiger partial charge is 0.393 e. The Kier molecular flexibility index (Phi) is 7.82. The molecule has 116 valence electrons. The first-order valence-electron chi connectivity index (χ1n) is 7.98. The summed E-state index contributed by atoms with van der Waals surface area (Å²) >= 11 is 0. The molecule has 3 unspecified atom stereocenters. The summed E-state index contributed by atoms with van der Waals surface area (Å²) in [5.41, 5.74) is 0. The molecule has 1 aliphatic heterocycles. The molecule has 0 aliphatic carbocycles. The van der Waals surface area contributed by atoms with Crippen LogP contribution in [-0.4, -0.2) is 24.6 Å². The smallest absolute Gasteiger partial charge is 0.320 e. The standard InChI is InChI=1S/C16H28O4/c1-4-6-7-8-9-10-11-19-13(5-2)14-12(3)15(17)20-16(14)18/h12-14H,4-11H2,1-3H3. The maximum Gasteiger partial charge on any atom is 0.320 e.